The van der Waals surface area contributed by atoms with Crippen LogP contribution in [0.5, 0.6) is 0 Å². The predicted molar refractivity (Wildman–Crippen MR) is 68.1 cm³/mol. The van der Waals surface area contributed by atoms with Crippen molar-refractivity contribution in [1.29, 1.82) is 0 Å². The Morgan fingerprint density at radius 3 is 2.47 bits per heavy atom. The summed E-state index contributed by atoms with van der Waals surface area (Å²) in [6, 6.07) is 6.66. The first-order valence-corrected chi connectivity index (χ1v) is 5.67. The molecule has 0 spiro atoms. The van der Waals surface area contributed by atoms with Gasteiger partial charge >= 0.3 is 0 Å². The average molecular weight is 206 g/mol. The van der Waals surface area contributed by atoms with Crippen LogP contribution in [-0.4, -0.2) is 6.04 Å². The molecule has 0 radical (unpaired) electrons. The molecule has 0 saturated heterocycles. The van der Waals surface area contributed by atoms with Crippen LogP contribution in [-0.2, 0) is 0 Å². The van der Waals surface area contributed by atoms with E-state index in [4.69, 9.17) is 5.73 Å². The minimum atomic E-state index is 0.495. The van der Waals surface area contributed by atoms with Crippen LogP contribution in [0.1, 0.15) is 32.8 Å². The van der Waals surface area contributed by atoms with Crippen LogP contribution in [0.3, 0.4) is 0 Å². The molecule has 0 heterocycles. The first-order chi connectivity index (χ1) is 7.04. The monoisotopic (exact) mass is 206 g/mol. The lowest BCUT2D eigenvalue weighted by molar-refractivity contribution is 0.511. The van der Waals surface area contributed by atoms with Gasteiger partial charge in [-0.05, 0) is 37.0 Å². The minimum absolute atomic E-state index is 0.495. The second-order valence-corrected chi connectivity index (χ2v) is 4.49. The van der Waals surface area contributed by atoms with Crippen molar-refractivity contribution in [3.8, 4) is 0 Å². The zero-order valence-corrected chi connectivity index (χ0v) is 10.2. The maximum atomic E-state index is 5.96. The molecular weight excluding hydrogens is 184 g/mol. The highest BCUT2D eigenvalue weighted by atomic mass is 14.9. The van der Waals surface area contributed by atoms with E-state index in [-0.39, 0.29) is 0 Å². The van der Waals surface area contributed by atoms with Gasteiger partial charge in [0.2, 0.25) is 0 Å². The Hall–Kier alpha value is -1.18. The maximum absolute atomic E-state index is 5.96. The minimum Gasteiger partial charge on any atom is -0.397 e. The van der Waals surface area contributed by atoms with Gasteiger partial charge in [-0.2, -0.15) is 0 Å². The van der Waals surface area contributed by atoms with Gasteiger partial charge in [0.25, 0.3) is 0 Å². The Bertz CT molecular complexity index is 318. The van der Waals surface area contributed by atoms with Gasteiger partial charge in [0, 0.05) is 6.04 Å². The Balaban J connectivity index is 2.79. The second kappa shape index (κ2) is 5.06. The zero-order valence-electron chi connectivity index (χ0n) is 10.2. The number of nitrogen functional groups attached to an aromatic ring is 1. The number of nitrogens with one attached hydrogen (secondary N) is 1. The summed E-state index contributed by atoms with van der Waals surface area (Å²) in [5.74, 6) is 0.621. The van der Waals surface area contributed by atoms with Crippen LogP contribution < -0.4 is 11.1 Å². The normalized spacial score (nSPS) is 12.9. The highest BCUT2D eigenvalue weighted by Crippen LogP contribution is 2.22. The molecule has 1 aromatic rings. The third-order valence-corrected chi connectivity index (χ3v) is 2.79. The molecule has 2 heteroatoms. The topological polar surface area (TPSA) is 38.0 Å². The van der Waals surface area contributed by atoms with Crippen molar-refractivity contribution in [2.75, 3.05) is 11.1 Å². The van der Waals surface area contributed by atoms with E-state index in [1.807, 2.05) is 6.07 Å². The van der Waals surface area contributed by atoms with Gasteiger partial charge in [-0.25, -0.2) is 0 Å². The van der Waals surface area contributed by atoms with E-state index < -0.39 is 0 Å². The summed E-state index contributed by atoms with van der Waals surface area (Å²) in [4.78, 5) is 0. The van der Waals surface area contributed by atoms with Crippen LogP contribution in [0.25, 0.3) is 0 Å². The second-order valence-electron chi connectivity index (χ2n) is 4.49. The Morgan fingerprint density at radius 1 is 1.33 bits per heavy atom. The van der Waals surface area contributed by atoms with Gasteiger partial charge in [0.15, 0.2) is 0 Å². The summed E-state index contributed by atoms with van der Waals surface area (Å²) in [5, 5.41) is 3.50. The Labute approximate surface area is 92.9 Å². The van der Waals surface area contributed by atoms with Gasteiger partial charge in [-0.1, -0.05) is 26.8 Å². The lowest BCUT2D eigenvalue weighted by Crippen LogP contribution is -2.25. The third-order valence-electron chi connectivity index (χ3n) is 2.79. The molecule has 0 aliphatic carbocycles. The first kappa shape index (κ1) is 11.9. The number of rotatable bonds is 4. The number of nitrogens with two attached hydrogens (primary N) is 1. The summed E-state index contributed by atoms with van der Waals surface area (Å²) < 4.78 is 0. The molecule has 0 aliphatic rings. The molecule has 1 rings (SSSR count). The fraction of sp³-hybridized carbons (Fsp3) is 0.538. The Kier molecular flexibility index (Phi) is 4.01. The lowest BCUT2D eigenvalue weighted by atomic mass is 10.0. The van der Waals surface area contributed by atoms with Crippen LogP contribution >= 0.6 is 0 Å². The van der Waals surface area contributed by atoms with E-state index in [1.54, 1.807) is 0 Å². The fourth-order valence-corrected chi connectivity index (χ4v) is 1.75. The maximum Gasteiger partial charge on any atom is 0.0576 e. The number of hydrogen-bond acceptors (Lipinski definition) is 2. The highest BCUT2D eigenvalue weighted by Gasteiger charge is 2.11. The molecule has 0 aromatic heterocycles. The number of anilines is 2. The molecular formula is C13H22N2. The smallest absolute Gasteiger partial charge is 0.0576 e. The van der Waals surface area contributed by atoms with Crippen molar-refractivity contribution in [1.82, 2.24) is 0 Å². The summed E-state index contributed by atoms with van der Waals surface area (Å²) in [6.45, 7) is 8.71. The summed E-state index contributed by atoms with van der Waals surface area (Å²) in [5.41, 5.74) is 9.06. The molecule has 1 atom stereocenters. The van der Waals surface area contributed by atoms with Crippen molar-refractivity contribution in [2.45, 2.75) is 40.2 Å². The van der Waals surface area contributed by atoms with Gasteiger partial charge in [-0.15, -0.1) is 0 Å². The van der Waals surface area contributed by atoms with E-state index in [2.05, 4.69) is 45.1 Å². The molecule has 0 bridgehead atoms. The van der Waals surface area contributed by atoms with Crippen molar-refractivity contribution in [3.05, 3.63) is 23.8 Å². The average Bonchev–Trinajstić information content (AvgIpc) is 2.16. The first-order valence-electron chi connectivity index (χ1n) is 5.67. The van der Waals surface area contributed by atoms with Crippen molar-refractivity contribution >= 4 is 11.4 Å². The molecule has 1 aromatic carbocycles. The van der Waals surface area contributed by atoms with Crippen molar-refractivity contribution < 1.29 is 0 Å². The van der Waals surface area contributed by atoms with Crippen LogP contribution in [0, 0.1) is 12.8 Å². The van der Waals surface area contributed by atoms with Crippen LogP contribution in [0.2, 0.25) is 0 Å². The molecule has 0 saturated carbocycles. The predicted octanol–water partition coefficient (Wildman–Crippen LogP) is 3.42. The largest absolute Gasteiger partial charge is 0.397 e. The number of benzene rings is 1. The molecule has 0 fully saturated rings. The standard InChI is InChI=1S/C13H22N2/c1-5-12(9(2)3)15-13-7-6-10(4)8-11(13)14/h6-9,12,15H,5,14H2,1-4H3. The Morgan fingerprint density at radius 2 is 2.00 bits per heavy atom. The molecule has 0 aliphatic heterocycles. The molecule has 1 unspecified atom stereocenters. The summed E-state index contributed by atoms with van der Waals surface area (Å²) in [6.07, 6.45) is 1.12. The summed E-state index contributed by atoms with van der Waals surface area (Å²) in [7, 11) is 0. The van der Waals surface area contributed by atoms with Gasteiger partial charge < -0.3 is 11.1 Å². The number of hydrogen-bond donors (Lipinski definition) is 2. The molecule has 3 N–H and O–H groups in total. The van der Waals surface area contributed by atoms with Crippen molar-refractivity contribution in [3.63, 3.8) is 0 Å². The van der Waals surface area contributed by atoms with Gasteiger partial charge in [0.05, 0.1) is 11.4 Å². The molecule has 15 heavy (non-hydrogen) atoms. The molecule has 0 amide bonds. The van der Waals surface area contributed by atoms with Crippen molar-refractivity contribution in [2.24, 2.45) is 5.92 Å². The quantitative estimate of drug-likeness (QED) is 0.741. The van der Waals surface area contributed by atoms with E-state index in [9.17, 15) is 0 Å². The highest BCUT2D eigenvalue weighted by molar-refractivity contribution is 5.67. The fourth-order valence-electron chi connectivity index (χ4n) is 1.75. The van der Waals surface area contributed by atoms with Gasteiger partial charge in [0.1, 0.15) is 0 Å². The van der Waals surface area contributed by atoms with E-state index in [0.29, 0.717) is 12.0 Å². The van der Waals surface area contributed by atoms with Crippen LogP contribution in [0.4, 0.5) is 11.4 Å². The summed E-state index contributed by atoms with van der Waals surface area (Å²) >= 11 is 0. The molecule has 2 nitrogen and oxygen atoms in total. The van der Waals surface area contributed by atoms with Crippen LogP contribution in [0.15, 0.2) is 18.2 Å². The lowest BCUT2D eigenvalue weighted by Gasteiger charge is -2.23. The SMILES string of the molecule is CCC(Nc1ccc(C)cc1N)C(C)C. The third kappa shape index (κ3) is 3.15. The van der Waals surface area contributed by atoms with E-state index in [1.165, 1.54) is 5.56 Å². The number of aryl methyl sites for hydroxylation is 1. The van der Waals surface area contributed by atoms with E-state index >= 15 is 0 Å². The molecule has 84 valence electrons. The van der Waals surface area contributed by atoms with E-state index in [0.717, 1.165) is 17.8 Å². The zero-order chi connectivity index (χ0) is 11.4. The van der Waals surface area contributed by atoms with Gasteiger partial charge in [-0.3, -0.25) is 0 Å².